The van der Waals surface area contributed by atoms with Gasteiger partial charge in [-0.1, -0.05) is 70.5 Å². The predicted octanol–water partition coefficient (Wildman–Crippen LogP) is 3.69. The molecule has 1 unspecified atom stereocenters. The summed E-state index contributed by atoms with van der Waals surface area (Å²) in [6.45, 7) is 3.10. The summed E-state index contributed by atoms with van der Waals surface area (Å²) >= 11 is 0. The number of aryl methyl sites for hydroxylation is 3. The summed E-state index contributed by atoms with van der Waals surface area (Å²) in [4.78, 5) is 4.51. The van der Waals surface area contributed by atoms with Crippen LogP contribution < -0.4 is 0 Å². The molecule has 3 heterocycles. The molecule has 0 N–H and O–H groups in total. The molecule has 0 amide bonds. The normalized spacial score (nSPS) is 16.0. The van der Waals surface area contributed by atoms with Gasteiger partial charge in [-0.25, -0.2) is 4.68 Å². The number of aromatic nitrogens is 5. The molecule has 1 aliphatic rings. The maximum absolute atomic E-state index is 6.08. The van der Waals surface area contributed by atoms with Crippen LogP contribution in [-0.4, -0.2) is 25.1 Å². The highest BCUT2D eigenvalue weighted by Gasteiger charge is 2.27. The number of rotatable bonds is 5. The Balaban J connectivity index is 1.30. The summed E-state index contributed by atoms with van der Waals surface area (Å²) in [7, 11) is 0. The zero-order chi connectivity index (χ0) is 19.6. The molecular formula is C22H21N5O2. The van der Waals surface area contributed by atoms with Crippen molar-refractivity contribution in [1.82, 2.24) is 25.1 Å². The lowest BCUT2D eigenvalue weighted by molar-refractivity contribution is -0.00112. The topological polar surface area (TPSA) is 78.9 Å². The number of hydrogen-bond donors (Lipinski definition) is 0. The molecule has 2 aromatic carbocycles. The van der Waals surface area contributed by atoms with Crippen LogP contribution in [0.15, 0.2) is 59.1 Å². The van der Waals surface area contributed by atoms with Crippen LogP contribution in [0, 0.1) is 6.92 Å². The summed E-state index contributed by atoms with van der Waals surface area (Å²) in [6.07, 6.45) is 1.50. The van der Waals surface area contributed by atoms with Crippen LogP contribution in [0.2, 0.25) is 0 Å². The lowest BCUT2D eigenvalue weighted by Gasteiger charge is -2.24. The third-order valence-corrected chi connectivity index (χ3v) is 5.20. The van der Waals surface area contributed by atoms with Crippen molar-refractivity contribution in [2.24, 2.45) is 0 Å². The molecule has 1 atom stereocenters. The van der Waals surface area contributed by atoms with E-state index >= 15 is 0 Å². The molecule has 0 bridgehead atoms. The Morgan fingerprint density at radius 2 is 1.86 bits per heavy atom. The minimum atomic E-state index is -0.0376. The first-order chi connectivity index (χ1) is 14.3. The molecule has 0 radical (unpaired) electrons. The smallest absolute Gasteiger partial charge is 0.227 e. The van der Waals surface area contributed by atoms with Gasteiger partial charge in [0, 0.05) is 6.42 Å². The van der Waals surface area contributed by atoms with E-state index < -0.39 is 0 Å². The third-order valence-electron chi connectivity index (χ3n) is 5.20. The van der Waals surface area contributed by atoms with Crippen molar-refractivity contribution in [2.45, 2.75) is 39.0 Å². The Morgan fingerprint density at radius 3 is 2.69 bits per heavy atom. The Bertz CT molecular complexity index is 1100. The van der Waals surface area contributed by atoms with Gasteiger partial charge in [0.25, 0.3) is 0 Å². The van der Waals surface area contributed by atoms with Gasteiger partial charge >= 0.3 is 0 Å². The molecule has 7 heteroatoms. The van der Waals surface area contributed by atoms with Crippen LogP contribution in [0.1, 0.15) is 34.4 Å². The standard InChI is InChI=1S/C22H21N5O2/c1-15-7-10-17(11-8-15)19-13-27-18(14-28-19)21(24-26-27)22-23-20(29-25-22)12-9-16-5-3-2-4-6-16/h2-8,10-11,19H,9,12-14H2,1H3. The SMILES string of the molecule is Cc1ccc(C2Cn3nnc(-c4noc(CCc5ccccc5)n4)c3CO2)cc1. The number of nitrogens with zero attached hydrogens (tertiary/aromatic N) is 5. The van der Waals surface area contributed by atoms with Crippen LogP contribution in [0.3, 0.4) is 0 Å². The Labute approximate surface area is 168 Å². The van der Waals surface area contributed by atoms with Crippen molar-refractivity contribution < 1.29 is 9.26 Å². The van der Waals surface area contributed by atoms with E-state index in [1.165, 1.54) is 11.1 Å². The lowest BCUT2D eigenvalue weighted by Crippen LogP contribution is -2.22. The lowest BCUT2D eigenvalue weighted by atomic mass is 10.1. The maximum Gasteiger partial charge on any atom is 0.227 e. The molecular weight excluding hydrogens is 366 g/mol. The molecule has 0 saturated carbocycles. The van der Waals surface area contributed by atoms with Gasteiger partial charge < -0.3 is 9.26 Å². The van der Waals surface area contributed by atoms with Gasteiger partial charge in [0.1, 0.15) is 6.10 Å². The molecule has 5 rings (SSSR count). The fourth-order valence-corrected chi connectivity index (χ4v) is 3.52. The maximum atomic E-state index is 6.08. The van der Waals surface area contributed by atoms with Gasteiger partial charge in [-0.05, 0) is 24.5 Å². The van der Waals surface area contributed by atoms with E-state index in [1.807, 2.05) is 22.9 Å². The van der Waals surface area contributed by atoms with Gasteiger partial charge in [-0.15, -0.1) is 5.10 Å². The Morgan fingerprint density at radius 1 is 1.03 bits per heavy atom. The van der Waals surface area contributed by atoms with E-state index in [0.29, 0.717) is 37.0 Å². The number of fused-ring (bicyclic) bond motifs is 1. The first-order valence-electron chi connectivity index (χ1n) is 9.73. The number of benzene rings is 2. The molecule has 7 nitrogen and oxygen atoms in total. The highest BCUT2D eigenvalue weighted by atomic mass is 16.5. The van der Waals surface area contributed by atoms with Gasteiger partial charge in [0.05, 0.1) is 18.8 Å². The Kier molecular flexibility index (Phi) is 4.65. The van der Waals surface area contributed by atoms with Gasteiger partial charge in [-0.3, -0.25) is 0 Å². The summed E-state index contributed by atoms with van der Waals surface area (Å²) in [6, 6.07) is 18.6. The first kappa shape index (κ1) is 17.8. The predicted molar refractivity (Wildman–Crippen MR) is 106 cm³/mol. The largest absolute Gasteiger partial charge is 0.365 e. The van der Waals surface area contributed by atoms with E-state index in [2.05, 4.69) is 63.8 Å². The van der Waals surface area contributed by atoms with Crippen molar-refractivity contribution in [3.8, 4) is 11.5 Å². The summed E-state index contributed by atoms with van der Waals surface area (Å²) in [5.74, 6) is 1.06. The molecule has 1 aliphatic heterocycles. The van der Waals surface area contributed by atoms with Crippen molar-refractivity contribution >= 4 is 0 Å². The van der Waals surface area contributed by atoms with E-state index in [1.54, 1.807) is 0 Å². The minimum Gasteiger partial charge on any atom is -0.365 e. The summed E-state index contributed by atoms with van der Waals surface area (Å²) in [5, 5.41) is 12.7. The fraction of sp³-hybridized carbons (Fsp3) is 0.273. The van der Waals surface area contributed by atoms with Gasteiger partial charge in [-0.2, -0.15) is 4.98 Å². The molecule has 2 aromatic heterocycles. The van der Waals surface area contributed by atoms with E-state index in [0.717, 1.165) is 17.7 Å². The van der Waals surface area contributed by atoms with E-state index in [-0.39, 0.29) is 6.10 Å². The van der Waals surface area contributed by atoms with Gasteiger partial charge in [0.2, 0.25) is 11.7 Å². The van der Waals surface area contributed by atoms with Gasteiger partial charge in [0.15, 0.2) is 5.69 Å². The second-order valence-corrected chi connectivity index (χ2v) is 7.27. The van der Waals surface area contributed by atoms with Crippen molar-refractivity contribution in [3.63, 3.8) is 0 Å². The van der Waals surface area contributed by atoms with Crippen LogP contribution in [0.4, 0.5) is 0 Å². The molecule has 146 valence electrons. The third kappa shape index (κ3) is 3.69. The molecule has 0 spiro atoms. The molecule has 0 aliphatic carbocycles. The van der Waals surface area contributed by atoms with E-state index in [9.17, 15) is 0 Å². The first-order valence-corrected chi connectivity index (χ1v) is 9.73. The zero-order valence-corrected chi connectivity index (χ0v) is 16.2. The highest BCUT2D eigenvalue weighted by Crippen LogP contribution is 2.29. The molecule has 0 fully saturated rings. The second-order valence-electron chi connectivity index (χ2n) is 7.27. The van der Waals surface area contributed by atoms with Crippen molar-refractivity contribution in [1.29, 1.82) is 0 Å². The van der Waals surface area contributed by atoms with Crippen LogP contribution in [-0.2, 0) is 30.7 Å². The van der Waals surface area contributed by atoms with Crippen molar-refractivity contribution in [2.75, 3.05) is 0 Å². The van der Waals surface area contributed by atoms with E-state index in [4.69, 9.17) is 9.26 Å². The second kappa shape index (κ2) is 7.60. The minimum absolute atomic E-state index is 0.0376. The average molecular weight is 387 g/mol. The number of hydrogen-bond acceptors (Lipinski definition) is 6. The summed E-state index contributed by atoms with van der Waals surface area (Å²) in [5.41, 5.74) is 5.11. The molecule has 29 heavy (non-hydrogen) atoms. The molecule has 4 aromatic rings. The number of ether oxygens (including phenoxy) is 1. The van der Waals surface area contributed by atoms with Crippen LogP contribution in [0.25, 0.3) is 11.5 Å². The highest BCUT2D eigenvalue weighted by molar-refractivity contribution is 5.51. The molecule has 0 saturated heterocycles. The zero-order valence-electron chi connectivity index (χ0n) is 16.2. The summed E-state index contributed by atoms with van der Waals surface area (Å²) < 4.78 is 13.4. The Hall–Kier alpha value is -3.32. The van der Waals surface area contributed by atoms with Crippen molar-refractivity contribution in [3.05, 3.63) is 82.9 Å². The van der Waals surface area contributed by atoms with Crippen LogP contribution in [0.5, 0.6) is 0 Å². The fourth-order valence-electron chi connectivity index (χ4n) is 3.52. The quantitative estimate of drug-likeness (QED) is 0.520. The van der Waals surface area contributed by atoms with Crippen LogP contribution >= 0.6 is 0 Å². The monoisotopic (exact) mass is 387 g/mol. The average Bonchev–Trinajstić information content (AvgIpc) is 3.40.